The maximum absolute atomic E-state index is 12.0. The third-order valence-corrected chi connectivity index (χ3v) is 4.70. The molecule has 2 atom stereocenters. The molecule has 0 saturated heterocycles. The van der Waals surface area contributed by atoms with Crippen molar-refractivity contribution in [2.75, 3.05) is 0 Å². The van der Waals surface area contributed by atoms with Gasteiger partial charge in [-0.05, 0) is 30.5 Å². The second-order valence-electron chi connectivity index (χ2n) is 5.40. The number of benzene rings is 1. The Bertz CT molecular complexity index is 649. The highest BCUT2D eigenvalue weighted by molar-refractivity contribution is 8.13. The van der Waals surface area contributed by atoms with Crippen molar-refractivity contribution >= 4 is 28.4 Å². The lowest BCUT2D eigenvalue weighted by molar-refractivity contribution is -0.394. The van der Waals surface area contributed by atoms with Crippen molar-refractivity contribution in [2.45, 2.75) is 51.7 Å². The first-order valence-corrected chi connectivity index (χ1v) is 8.44. The van der Waals surface area contributed by atoms with E-state index in [4.69, 9.17) is 4.74 Å². The Morgan fingerprint density at radius 2 is 1.79 bits per heavy atom. The molecule has 8 nitrogen and oxygen atoms in total. The first-order valence-electron chi connectivity index (χ1n) is 7.56. The Morgan fingerprint density at radius 1 is 1.17 bits per heavy atom. The molecular formula is C15H20N2O6S. The monoisotopic (exact) mass is 356 g/mol. The molecule has 0 aliphatic carbocycles. The zero-order chi connectivity index (χ0) is 18.4. The molecule has 0 bridgehead atoms. The summed E-state index contributed by atoms with van der Waals surface area (Å²) in [4.78, 5) is 32.9. The molecule has 0 radical (unpaired) electrons. The van der Waals surface area contributed by atoms with E-state index in [0.717, 1.165) is 24.2 Å². The van der Waals surface area contributed by atoms with Crippen LogP contribution >= 0.6 is 11.8 Å². The predicted molar refractivity (Wildman–Crippen MR) is 91.8 cm³/mol. The van der Waals surface area contributed by atoms with Crippen LogP contribution < -0.4 is 4.74 Å². The maximum atomic E-state index is 12.0. The summed E-state index contributed by atoms with van der Waals surface area (Å²) in [6.45, 7) is 7.35. The quantitative estimate of drug-likeness (QED) is 0.381. The topological polar surface area (TPSA) is 113 Å². The van der Waals surface area contributed by atoms with Crippen molar-refractivity contribution in [3.8, 4) is 5.75 Å². The van der Waals surface area contributed by atoms with Gasteiger partial charge in [0.2, 0.25) is 5.75 Å². The van der Waals surface area contributed by atoms with Crippen molar-refractivity contribution in [3.05, 3.63) is 37.9 Å². The third kappa shape index (κ3) is 4.92. The zero-order valence-electron chi connectivity index (χ0n) is 14.0. The van der Waals surface area contributed by atoms with Gasteiger partial charge in [-0.3, -0.25) is 20.2 Å². The van der Waals surface area contributed by atoms with Gasteiger partial charge in [0.25, 0.3) is 5.69 Å². The van der Waals surface area contributed by atoms with Gasteiger partial charge >= 0.3 is 11.0 Å². The van der Waals surface area contributed by atoms with E-state index < -0.39 is 26.5 Å². The molecule has 0 aromatic heterocycles. The van der Waals surface area contributed by atoms with Crippen molar-refractivity contribution in [1.29, 1.82) is 0 Å². The highest BCUT2D eigenvalue weighted by atomic mass is 32.2. The highest BCUT2D eigenvalue weighted by Crippen LogP contribution is 2.41. The second-order valence-corrected chi connectivity index (χ2v) is 6.77. The molecule has 0 aliphatic heterocycles. The standard InChI is InChI=1S/C15H20N2O6S/c1-5-9(3)12-7-11(16(19)20)8-13(17(21)22)14(12)23-15(18)24-10(4)6-2/h7-10H,5-6H2,1-4H3. The van der Waals surface area contributed by atoms with Crippen LogP contribution in [-0.2, 0) is 0 Å². The smallest absolute Gasteiger partial charge is 0.373 e. The summed E-state index contributed by atoms with van der Waals surface area (Å²) >= 11 is 0.936. The van der Waals surface area contributed by atoms with Gasteiger partial charge in [-0.1, -0.05) is 27.7 Å². The molecule has 0 amide bonds. The molecule has 1 aromatic rings. The minimum absolute atomic E-state index is 0.00153. The van der Waals surface area contributed by atoms with Gasteiger partial charge in [-0.2, -0.15) is 0 Å². The molecule has 1 aromatic carbocycles. The van der Waals surface area contributed by atoms with Gasteiger partial charge in [0.15, 0.2) is 0 Å². The van der Waals surface area contributed by atoms with Crippen molar-refractivity contribution < 1.29 is 19.4 Å². The molecular weight excluding hydrogens is 336 g/mol. The molecule has 24 heavy (non-hydrogen) atoms. The van der Waals surface area contributed by atoms with E-state index >= 15 is 0 Å². The Hall–Kier alpha value is -2.16. The number of non-ortho nitro benzene ring substituents is 1. The highest BCUT2D eigenvalue weighted by Gasteiger charge is 2.29. The van der Waals surface area contributed by atoms with Crippen LogP contribution in [0.2, 0.25) is 0 Å². The molecule has 132 valence electrons. The Labute approximate surface area is 143 Å². The number of ether oxygens (including phenoxy) is 1. The molecule has 0 aliphatic rings. The summed E-state index contributed by atoms with van der Waals surface area (Å²) in [6, 6.07) is 2.06. The number of nitro groups is 2. The van der Waals surface area contributed by atoms with Gasteiger partial charge in [0.05, 0.1) is 15.9 Å². The lowest BCUT2D eigenvalue weighted by Crippen LogP contribution is -2.11. The van der Waals surface area contributed by atoms with Crippen molar-refractivity contribution in [2.24, 2.45) is 0 Å². The molecule has 0 N–H and O–H groups in total. The molecule has 0 saturated carbocycles. The number of carbonyl (C=O) groups is 1. The summed E-state index contributed by atoms with van der Waals surface area (Å²) in [7, 11) is 0. The number of thioether (sulfide) groups is 1. The van der Waals surface area contributed by atoms with E-state index in [0.29, 0.717) is 6.42 Å². The summed E-state index contributed by atoms with van der Waals surface area (Å²) in [6.07, 6.45) is 1.32. The molecule has 1 rings (SSSR count). The van der Waals surface area contributed by atoms with Crippen LogP contribution in [0, 0.1) is 20.2 Å². The molecule has 2 unspecified atom stereocenters. The molecule has 0 fully saturated rings. The summed E-state index contributed by atoms with van der Waals surface area (Å²) < 4.78 is 5.23. The predicted octanol–water partition coefficient (Wildman–Crippen LogP) is 5.05. The lowest BCUT2D eigenvalue weighted by atomic mass is 9.96. The largest absolute Gasteiger partial charge is 0.411 e. The number of hydrogen-bond acceptors (Lipinski definition) is 7. The molecule has 0 spiro atoms. The van der Waals surface area contributed by atoms with Crippen LogP contribution in [0.25, 0.3) is 0 Å². The van der Waals surface area contributed by atoms with Crippen LogP contribution in [0.5, 0.6) is 5.75 Å². The maximum Gasteiger partial charge on any atom is 0.373 e. The fourth-order valence-corrected chi connectivity index (χ4v) is 2.54. The molecule has 9 heteroatoms. The van der Waals surface area contributed by atoms with Gasteiger partial charge in [-0.25, -0.2) is 4.79 Å². The van der Waals surface area contributed by atoms with Crippen LogP contribution in [0.1, 0.15) is 52.0 Å². The van der Waals surface area contributed by atoms with Crippen molar-refractivity contribution in [3.63, 3.8) is 0 Å². The van der Waals surface area contributed by atoms with Gasteiger partial charge in [0, 0.05) is 16.9 Å². The van der Waals surface area contributed by atoms with Crippen LogP contribution in [0.3, 0.4) is 0 Å². The number of rotatable bonds is 7. The van der Waals surface area contributed by atoms with Gasteiger partial charge in [-0.15, -0.1) is 0 Å². The Kier molecular flexibility index (Phi) is 7.15. The summed E-state index contributed by atoms with van der Waals surface area (Å²) in [5.74, 6) is -0.444. The average molecular weight is 356 g/mol. The van der Waals surface area contributed by atoms with E-state index in [2.05, 4.69) is 0 Å². The number of nitro benzene ring substituents is 2. The van der Waals surface area contributed by atoms with Gasteiger partial charge in [0.1, 0.15) is 0 Å². The first-order chi connectivity index (χ1) is 11.2. The van der Waals surface area contributed by atoms with Gasteiger partial charge < -0.3 is 4.74 Å². The molecule has 0 heterocycles. The Morgan fingerprint density at radius 3 is 2.25 bits per heavy atom. The normalized spacial score (nSPS) is 13.2. The first kappa shape index (κ1) is 19.9. The number of hydrogen-bond donors (Lipinski definition) is 0. The average Bonchev–Trinajstić information content (AvgIpc) is 2.53. The Balaban J connectivity index is 3.40. The fraction of sp³-hybridized carbons (Fsp3) is 0.533. The summed E-state index contributed by atoms with van der Waals surface area (Å²) in [5, 5.41) is 21.7. The van der Waals surface area contributed by atoms with E-state index in [9.17, 15) is 25.0 Å². The third-order valence-electron chi connectivity index (χ3n) is 3.69. The van der Waals surface area contributed by atoms with Crippen LogP contribution in [0.15, 0.2) is 12.1 Å². The number of nitrogens with zero attached hydrogens (tertiary/aromatic N) is 2. The minimum Gasteiger partial charge on any atom is -0.411 e. The zero-order valence-corrected chi connectivity index (χ0v) is 14.8. The fourth-order valence-electron chi connectivity index (χ4n) is 1.91. The van der Waals surface area contributed by atoms with E-state index in [1.807, 2.05) is 20.8 Å². The van der Waals surface area contributed by atoms with Crippen molar-refractivity contribution in [1.82, 2.24) is 0 Å². The van der Waals surface area contributed by atoms with E-state index in [-0.39, 0.29) is 22.5 Å². The van der Waals surface area contributed by atoms with E-state index in [1.54, 1.807) is 6.92 Å². The SMILES string of the molecule is CCC(C)SC(=O)Oc1c(C(C)CC)cc([N+](=O)[O-])cc1[N+](=O)[O-]. The van der Waals surface area contributed by atoms with Crippen LogP contribution in [0.4, 0.5) is 16.2 Å². The van der Waals surface area contributed by atoms with Crippen LogP contribution in [-0.4, -0.2) is 20.4 Å². The minimum atomic E-state index is -0.768. The number of carbonyl (C=O) groups excluding carboxylic acids is 1. The van der Waals surface area contributed by atoms with E-state index in [1.165, 1.54) is 6.07 Å². The lowest BCUT2D eigenvalue weighted by Gasteiger charge is -2.15. The summed E-state index contributed by atoms with van der Waals surface area (Å²) in [5.41, 5.74) is -0.680. The second kappa shape index (κ2) is 8.62.